The van der Waals surface area contributed by atoms with E-state index in [4.69, 9.17) is 10.2 Å². The second-order valence-corrected chi connectivity index (χ2v) is 6.33. The van der Waals surface area contributed by atoms with Crippen molar-refractivity contribution in [2.24, 2.45) is 0 Å². The Kier molecular flexibility index (Phi) is 5.00. The number of aromatic carboxylic acids is 2. The van der Waals surface area contributed by atoms with Gasteiger partial charge in [-0.3, -0.25) is 4.79 Å². The number of carboxylic acids is 2. The lowest BCUT2D eigenvalue weighted by atomic mass is 10.0. The van der Waals surface area contributed by atoms with Crippen LogP contribution in [0.2, 0.25) is 0 Å². The largest absolute Gasteiger partial charge is 0.507 e. The van der Waals surface area contributed by atoms with Crippen molar-refractivity contribution >= 4 is 29.9 Å². The van der Waals surface area contributed by atoms with Crippen molar-refractivity contribution in [1.82, 2.24) is 0 Å². The number of hydrogen-bond acceptors (Lipinski definition) is 5. The van der Waals surface area contributed by atoms with Crippen molar-refractivity contribution in [3.05, 3.63) is 69.8 Å². The van der Waals surface area contributed by atoms with E-state index in [0.717, 1.165) is 0 Å². The Bertz CT molecular complexity index is 977. The van der Waals surface area contributed by atoms with Crippen LogP contribution in [0.3, 0.4) is 0 Å². The van der Waals surface area contributed by atoms with E-state index in [1.807, 2.05) is 0 Å². The predicted molar refractivity (Wildman–Crippen MR) is 100 cm³/mol. The van der Waals surface area contributed by atoms with Crippen molar-refractivity contribution in [1.29, 1.82) is 0 Å². The van der Waals surface area contributed by atoms with E-state index in [-0.39, 0.29) is 28.4 Å². The summed E-state index contributed by atoms with van der Waals surface area (Å²) in [6.45, 7) is 0. The molecule has 0 saturated heterocycles. The average molecular weight is 380 g/mol. The summed E-state index contributed by atoms with van der Waals surface area (Å²) in [6.07, 6.45) is 4.07. The lowest BCUT2D eigenvalue weighted by Crippen LogP contribution is -1.99. The number of hydrogen-bond donors (Lipinski definition) is 4. The number of Topliss-reactive ketones (excluding diaryl/α,β-unsaturated/α-hetero) is 1. The summed E-state index contributed by atoms with van der Waals surface area (Å²) in [5.41, 5.74) is 1.45. The number of aromatic hydroxyl groups is 2. The van der Waals surface area contributed by atoms with E-state index < -0.39 is 11.9 Å². The van der Waals surface area contributed by atoms with E-state index in [1.165, 1.54) is 36.4 Å². The van der Waals surface area contributed by atoms with Crippen LogP contribution >= 0.6 is 0 Å². The van der Waals surface area contributed by atoms with Crippen LogP contribution in [0.15, 0.2) is 47.5 Å². The zero-order valence-electron chi connectivity index (χ0n) is 14.5. The molecule has 142 valence electrons. The van der Waals surface area contributed by atoms with Crippen molar-refractivity contribution in [2.45, 2.75) is 12.8 Å². The van der Waals surface area contributed by atoms with E-state index in [2.05, 4.69) is 0 Å². The van der Waals surface area contributed by atoms with Gasteiger partial charge in [-0.25, -0.2) is 9.59 Å². The average Bonchev–Trinajstić information content (AvgIpc) is 2.97. The number of rotatable bonds is 4. The molecule has 1 aliphatic carbocycles. The number of phenols is 2. The molecule has 28 heavy (non-hydrogen) atoms. The van der Waals surface area contributed by atoms with Crippen LogP contribution in [0, 0.1) is 0 Å². The Morgan fingerprint density at radius 2 is 1.14 bits per heavy atom. The maximum Gasteiger partial charge on any atom is 0.339 e. The SMILES string of the molecule is O=C1/C(=C/c2ccc(O)c(C(=O)O)c2)CC/C1=C\c1ccc(O)c(C(=O)O)c1. The Morgan fingerprint density at radius 3 is 1.50 bits per heavy atom. The summed E-state index contributed by atoms with van der Waals surface area (Å²) in [7, 11) is 0. The van der Waals surface area contributed by atoms with E-state index in [1.54, 1.807) is 12.2 Å². The minimum atomic E-state index is -1.27. The molecule has 0 atom stereocenters. The van der Waals surface area contributed by atoms with Gasteiger partial charge in [0, 0.05) is 11.1 Å². The molecule has 2 aromatic carbocycles. The van der Waals surface area contributed by atoms with E-state index >= 15 is 0 Å². The lowest BCUT2D eigenvalue weighted by molar-refractivity contribution is -0.111. The highest BCUT2D eigenvalue weighted by molar-refractivity contribution is 6.15. The van der Waals surface area contributed by atoms with Crippen molar-refractivity contribution < 1.29 is 34.8 Å². The summed E-state index contributed by atoms with van der Waals surface area (Å²) in [6, 6.07) is 8.13. The zero-order valence-corrected chi connectivity index (χ0v) is 14.5. The number of carbonyl (C=O) groups is 3. The van der Waals surface area contributed by atoms with Gasteiger partial charge in [0.15, 0.2) is 5.78 Å². The fourth-order valence-corrected chi connectivity index (χ4v) is 3.01. The van der Waals surface area contributed by atoms with Crippen LogP contribution in [0.4, 0.5) is 0 Å². The van der Waals surface area contributed by atoms with Crippen LogP contribution < -0.4 is 0 Å². The summed E-state index contributed by atoms with van der Waals surface area (Å²) < 4.78 is 0. The first-order chi connectivity index (χ1) is 13.3. The third kappa shape index (κ3) is 3.78. The number of ketones is 1. The highest BCUT2D eigenvalue weighted by Gasteiger charge is 2.23. The smallest absolute Gasteiger partial charge is 0.339 e. The third-order valence-electron chi connectivity index (χ3n) is 4.43. The third-order valence-corrected chi connectivity index (χ3v) is 4.43. The molecule has 3 rings (SSSR count). The molecule has 7 heteroatoms. The van der Waals surface area contributed by atoms with Crippen LogP contribution in [0.5, 0.6) is 11.5 Å². The van der Waals surface area contributed by atoms with Crippen LogP contribution in [-0.4, -0.2) is 38.1 Å². The molecule has 0 heterocycles. The summed E-state index contributed by atoms with van der Waals surface area (Å²) in [5.74, 6) is -3.45. The Morgan fingerprint density at radius 1 is 0.750 bits per heavy atom. The molecule has 0 unspecified atom stereocenters. The molecular formula is C21H16O7. The van der Waals surface area contributed by atoms with Crippen molar-refractivity contribution in [3.63, 3.8) is 0 Å². The first kappa shape index (κ1) is 18.9. The first-order valence-electron chi connectivity index (χ1n) is 8.34. The van der Waals surface area contributed by atoms with Gasteiger partial charge in [-0.2, -0.15) is 0 Å². The molecule has 1 fully saturated rings. The van der Waals surface area contributed by atoms with Gasteiger partial charge >= 0.3 is 11.9 Å². The number of allylic oxidation sites excluding steroid dienone is 2. The monoisotopic (exact) mass is 380 g/mol. The molecule has 7 nitrogen and oxygen atoms in total. The molecule has 0 spiro atoms. The molecule has 0 bridgehead atoms. The van der Waals surface area contributed by atoms with Gasteiger partial charge in [0.2, 0.25) is 0 Å². The van der Waals surface area contributed by atoms with E-state index in [9.17, 15) is 24.6 Å². The summed E-state index contributed by atoms with van der Waals surface area (Å²) in [4.78, 5) is 34.8. The van der Waals surface area contributed by atoms with Crippen LogP contribution in [-0.2, 0) is 4.79 Å². The maximum absolute atomic E-state index is 12.6. The normalized spacial score (nSPS) is 16.6. The van der Waals surface area contributed by atoms with Crippen molar-refractivity contribution in [3.8, 4) is 11.5 Å². The predicted octanol–water partition coefficient (Wildman–Crippen LogP) is 3.32. The van der Waals surface area contributed by atoms with E-state index in [0.29, 0.717) is 35.1 Å². The topological polar surface area (TPSA) is 132 Å². The van der Waals surface area contributed by atoms with Gasteiger partial charge in [0.25, 0.3) is 0 Å². The van der Waals surface area contributed by atoms with Gasteiger partial charge in [-0.15, -0.1) is 0 Å². The molecule has 0 aromatic heterocycles. The second-order valence-electron chi connectivity index (χ2n) is 6.33. The van der Waals surface area contributed by atoms with Crippen LogP contribution in [0.25, 0.3) is 12.2 Å². The Labute approximate surface area is 159 Å². The molecule has 2 aromatic rings. The summed E-state index contributed by atoms with van der Waals surface area (Å²) >= 11 is 0. The second kappa shape index (κ2) is 7.40. The highest BCUT2D eigenvalue weighted by atomic mass is 16.4. The maximum atomic E-state index is 12.6. The van der Waals surface area contributed by atoms with Crippen LogP contribution in [0.1, 0.15) is 44.7 Å². The van der Waals surface area contributed by atoms with Crippen molar-refractivity contribution in [2.75, 3.05) is 0 Å². The fraction of sp³-hybridized carbons (Fsp3) is 0.0952. The molecule has 0 aliphatic heterocycles. The van der Waals surface area contributed by atoms with Gasteiger partial charge in [-0.05, 0) is 60.4 Å². The molecule has 1 saturated carbocycles. The minimum Gasteiger partial charge on any atom is -0.507 e. The summed E-state index contributed by atoms with van der Waals surface area (Å²) in [5, 5.41) is 37.3. The standard InChI is InChI=1S/C21H16O7/c22-17-5-1-11(9-15(17)20(25)26)7-13-3-4-14(19(13)24)8-12-2-6-18(23)16(10-12)21(27)28/h1-2,5-10,22-23H,3-4H2,(H,25,26)(H,27,28)/b13-7+,14-8+. The molecule has 0 radical (unpaired) electrons. The molecule has 0 amide bonds. The first-order valence-corrected chi connectivity index (χ1v) is 8.34. The Balaban J connectivity index is 1.89. The minimum absolute atomic E-state index is 0.213. The molecular weight excluding hydrogens is 364 g/mol. The lowest BCUT2D eigenvalue weighted by Gasteiger charge is -2.03. The fourth-order valence-electron chi connectivity index (χ4n) is 3.01. The van der Waals surface area contributed by atoms with Gasteiger partial charge in [-0.1, -0.05) is 12.1 Å². The number of carboxylic acid groups (broad SMARTS) is 2. The quantitative estimate of drug-likeness (QED) is 0.598. The van der Waals surface area contributed by atoms with Gasteiger partial charge in [0.1, 0.15) is 22.6 Å². The number of carbonyl (C=O) groups excluding carboxylic acids is 1. The highest BCUT2D eigenvalue weighted by Crippen LogP contribution is 2.31. The van der Waals surface area contributed by atoms with Gasteiger partial charge < -0.3 is 20.4 Å². The van der Waals surface area contributed by atoms with Gasteiger partial charge in [0.05, 0.1) is 0 Å². The zero-order chi connectivity index (χ0) is 20.4. The Hall–Kier alpha value is -3.87. The molecule has 1 aliphatic rings. The number of benzene rings is 2. The molecule has 4 N–H and O–H groups in total.